The number of hydrogen-bond acceptors (Lipinski definition) is 6. The molecule has 0 heterocycles. The highest BCUT2D eigenvalue weighted by atomic mass is 16.5. The number of esters is 1. The Morgan fingerprint density at radius 3 is 2.40 bits per heavy atom. The van der Waals surface area contributed by atoms with E-state index in [2.05, 4.69) is 53.9 Å². The maximum atomic E-state index is 14.1. The lowest BCUT2D eigenvalue weighted by molar-refractivity contribution is -0.148. The van der Waals surface area contributed by atoms with Crippen LogP contribution in [0.5, 0.6) is 0 Å². The Balaban J connectivity index is 1.36. The monoisotopic (exact) mass is 622 g/mol. The van der Waals surface area contributed by atoms with Crippen LogP contribution in [0.2, 0.25) is 0 Å². The number of aliphatic carboxylic acids is 1. The number of allylic oxidation sites excluding steroid dienone is 3. The van der Waals surface area contributed by atoms with Crippen LogP contribution in [0.15, 0.2) is 36.6 Å². The topological polar surface area (TPSA) is 107 Å². The number of carbonyl (C=O) groups excluding carboxylic acids is 3. The molecule has 0 aromatic rings. The van der Waals surface area contributed by atoms with E-state index in [0.717, 1.165) is 19.3 Å². The molecule has 2 spiro atoms. The van der Waals surface area contributed by atoms with Crippen molar-refractivity contribution < 1.29 is 33.8 Å². The van der Waals surface area contributed by atoms with Gasteiger partial charge in [-0.25, -0.2) is 0 Å². The molecule has 7 nitrogen and oxygen atoms in total. The molecule has 0 aromatic carbocycles. The molecular weight excluding hydrogens is 568 g/mol. The predicted molar refractivity (Wildman–Crippen MR) is 172 cm³/mol. The Kier molecular flexibility index (Phi) is 8.62. The molecule has 0 amide bonds. The summed E-state index contributed by atoms with van der Waals surface area (Å²) in [5.41, 5.74) is 0.922. The zero-order valence-corrected chi connectivity index (χ0v) is 28.4. The number of rotatable bonds is 12. The first-order valence-corrected chi connectivity index (χ1v) is 17.1. The van der Waals surface area contributed by atoms with Crippen molar-refractivity contribution in [2.75, 3.05) is 6.61 Å². The molecule has 0 aliphatic heterocycles. The van der Waals surface area contributed by atoms with Gasteiger partial charge in [0.25, 0.3) is 0 Å². The standard InChI is InChI=1S/C38H54O7/c1-21(2)45-34(33(43)24(5)23(4)19-44-31(42)13-12-30(40)41)26(7)32-22(3)18-36(9)29-11-10-27-25(6)28(39)14-15-37(27)20-38(29,37)17-16-35(32,36)8/h14-15,22-23,25-27,29,32,34H,1,5,10-13,16-20H2,2-4,6-9H3,(H,40,41)/t22-,23-,25-,26-,27-,29-,32+,34+,35+,36-,37+,38-/m0/s1. The van der Waals surface area contributed by atoms with E-state index >= 15 is 0 Å². The predicted octanol–water partition coefficient (Wildman–Crippen LogP) is 7.35. The smallest absolute Gasteiger partial charge is 0.306 e. The molecule has 1 N–H and O–H groups in total. The maximum Gasteiger partial charge on any atom is 0.306 e. The molecule has 7 heteroatoms. The third-order valence-corrected chi connectivity index (χ3v) is 13.9. The summed E-state index contributed by atoms with van der Waals surface area (Å²) >= 11 is 0. The summed E-state index contributed by atoms with van der Waals surface area (Å²) in [4.78, 5) is 49.6. The van der Waals surface area contributed by atoms with Gasteiger partial charge < -0.3 is 14.6 Å². The van der Waals surface area contributed by atoms with Gasteiger partial charge in [-0.2, -0.15) is 0 Å². The number of Topliss-reactive ketones (excluding diaryl/α,β-unsaturated/α-hetero) is 1. The minimum atomic E-state index is -1.06. The zero-order chi connectivity index (χ0) is 33.3. The molecule has 45 heavy (non-hydrogen) atoms. The van der Waals surface area contributed by atoms with Crippen LogP contribution in [0, 0.1) is 63.1 Å². The van der Waals surface area contributed by atoms with Crippen molar-refractivity contribution in [3.63, 3.8) is 0 Å². The molecule has 0 bridgehead atoms. The third-order valence-electron chi connectivity index (χ3n) is 13.9. The molecule has 5 rings (SSSR count). The zero-order valence-electron chi connectivity index (χ0n) is 28.4. The summed E-state index contributed by atoms with van der Waals surface area (Å²) in [5.74, 6) is 0.188. The van der Waals surface area contributed by atoms with Crippen LogP contribution in [-0.2, 0) is 28.7 Å². The fraction of sp³-hybridized carbons (Fsp3) is 0.737. The molecular formula is C38H54O7. The van der Waals surface area contributed by atoms with Crippen LogP contribution in [0.3, 0.4) is 0 Å². The second-order valence-corrected chi connectivity index (χ2v) is 16.1. The quantitative estimate of drug-likeness (QED) is 0.138. The van der Waals surface area contributed by atoms with Gasteiger partial charge in [0.2, 0.25) is 0 Å². The average Bonchev–Trinajstić information content (AvgIpc) is 3.59. The van der Waals surface area contributed by atoms with Crippen molar-refractivity contribution in [1.82, 2.24) is 0 Å². The second-order valence-electron chi connectivity index (χ2n) is 16.1. The summed E-state index contributed by atoms with van der Waals surface area (Å²) < 4.78 is 11.5. The SMILES string of the molecule is C=C(C)O[C@@H](C(=O)C(=C)[C@@H](C)COC(=O)CCC(=O)O)[C@@H](C)[C@H]1[C@@H](C)C[C@@]2(C)[C@@H]3CC[C@H]4[C@H](C)C(=O)C=C[C@@]45C[C@@]35CC[C@]12C. The van der Waals surface area contributed by atoms with Crippen LogP contribution in [0.25, 0.3) is 0 Å². The van der Waals surface area contributed by atoms with Gasteiger partial charge in [-0.05, 0) is 102 Å². The fourth-order valence-electron chi connectivity index (χ4n) is 11.8. The van der Waals surface area contributed by atoms with Crippen LogP contribution in [0.1, 0.15) is 99.8 Å². The summed E-state index contributed by atoms with van der Waals surface area (Å²) in [6, 6.07) is 0. The minimum Gasteiger partial charge on any atom is -0.487 e. The molecule has 0 aromatic heterocycles. The normalized spacial score (nSPS) is 41.3. The van der Waals surface area contributed by atoms with Crippen LogP contribution in [0.4, 0.5) is 0 Å². The number of carboxylic acids is 1. The van der Waals surface area contributed by atoms with Gasteiger partial charge in [-0.3, -0.25) is 19.2 Å². The van der Waals surface area contributed by atoms with Gasteiger partial charge >= 0.3 is 11.9 Å². The van der Waals surface area contributed by atoms with Gasteiger partial charge in [-0.1, -0.05) is 60.8 Å². The van der Waals surface area contributed by atoms with Gasteiger partial charge in [0.15, 0.2) is 17.7 Å². The van der Waals surface area contributed by atoms with Gasteiger partial charge in [0.1, 0.15) is 0 Å². The van der Waals surface area contributed by atoms with Crippen molar-refractivity contribution in [3.05, 3.63) is 36.6 Å². The van der Waals surface area contributed by atoms with E-state index in [1.807, 2.05) is 6.08 Å². The van der Waals surface area contributed by atoms with Gasteiger partial charge in [-0.15, -0.1) is 0 Å². The van der Waals surface area contributed by atoms with Crippen molar-refractivity contribution >= 4 is 23.5 Å². The first-order chi connectivity index (χ1) is 21.0. The minimum absolute atomic E-state index is 0.0156. The molecule has 0 radical (unpaired) electrons. The maximum absolute atomic E-state index is 14.1. The number of hydrogen-bond donors (Lipinski definition) is 1. The van der Waals surface area contributed by atoms with E-state index in [0.29, 0.717) is 34.9 Å². The Morgan fingerprint density at radius 1 is 1.07 bits per heavy atom. The Hall–Kier alpha value is -2.70. The van der Waals surface area contributed by atoms with Crippen LogP contribution < -0.4 is 0 Å². The van der Waals surface area contributed by atoms with E-state index in [-0.39, 0.29) is 64.6 Å². The first kappa shape index (κ1) is 33.7. The molecule has 5 aliphatic carbocycles. The van der Waals surface area contributed by atoms with E-state index in [1.165, 1.54) is 19.3 Å². The highest BCUT2D eigenvalue weighted by Crippen LogP contribution is 2.87. The summed E-state index contributed by atoms with van der Waals surface area (Å²) in [5, 5.41) is 8.84. The van der Waals surface area contributed by atoms with Crippen LogP contribution >= 0.6 is 0 Å². The number of carbonyl (C=O) groups is 4. The molecule has 248 valence electrons. The fourth-order valence-corrected chi connectivity index (χ4v) is 11.8. The Morgan fingerprint density at radius 2 is 1.76 bits per heavy atom. The van der Waals surface area contributed by atoms with Gasteiger partial charge in [0, 0.05) is 17.8 Å². The van der Waals surface area contributed by atoms with Gasteiger partial charge in [0.05, 0.1) is 25.2 Å². The number of ether oxygens (including phenoxy) is 2. The molecule has 4 fully saturated rings. The van der Waals surface area contributed by atoms with E-state index in [9.17, 15) is 19.2 Å². The summed E-state index contributed by atoms with van der Waals surface area (Å²) in [6.07, 6.45) is 9.83. The lowest BCUT2D eigenvalue weighted by Crippen LogP contribution is -2.56. The Bertz CT molecular complexity index is 1330. The largest absolute Gasteiger partial charge is 0.487 e. The van der Waals surface area contributed by atoms with Crippen molar-refractivity contribution in [3.8, 4) is 0 Å². The van der Waals surface area contributed by atoms with Crippen molar-refractivity contribution in [2.45, 2.75) is 106 Å². The lowest BCUT2D eigenvalue weighted by atomic mass is 9.43. The Labute approximate surface area is 269 Å². The highest BCUT2D eigenvalue weighted by Gasteiger charge is 2.81. The lowest BCUT2D eigenvalue weighted by Gasteiger charge is -2.61. The third kappa shape index (κ3) is 5.06. The highest BCUT2D eigenvalue weighted by molar-refractivity contribution is 5.99. The number of carboxylic acid groups (broad SMARTS) is 1. The second kappa shape index (κ2) is 11.5. The first-order valence-electron chi connectivity index (χ1n) is 17.1. The van der Waals surface area contributed by atoms with E-state index in [1.54, 1.807) is 13.8 Å². The van der Waals surface area contributed by atoms with Crippen molar-refractivity contribution in [1.29, 1.82) is 0 Å². The van der Waals surface area contributed by atoms with E-state index < -0.39 is 24.0 Å². The summed E-state index contributed by atoms with van der Waals surface area (Å²) in [6.45, 7) is 23.3. The molecule has 0 saturated heterocycles. The molecule has 0 unspecified atom stereocenters. The summed E-state index contributed by atoms with van der Waals surface area (Å²) in [7, 11) is 0. The molecule has 12 atom stereocenters. The van der Waals surface area contributed by atoms with Crippen LogP contribution in [-0.4, -0.2) is 41.3 Å². The molecule has 4 saturated carbocycles. The number of ketones is 2. The van der Waals surface area contributed by atoms with E-state index in [4.69, 9.17) is 14.6 Å². The van der Waals surface area contributed by atoms with Crippen molar-refractivity contribution in [2.24, 2.45) is 63.1 Å². The average molecular weight is 623 g/mol. The molecule has 5 aliphatic rings. The number of fused-ring (bicyclic) bond motifs is 2.